The van der Waals surface area contributed by atoms with Gasteiger partial charge in [0.05, 0.1) is 5.02 Å². The summed E-state index contributed by atoms with van der Waals surface area (Å²) in [7, 11) is 0. The Balaban J connectivity index is 2.90. The highest BCUT2D eigenvalue weighted by Gasteiger charge is 2.03. The maximum absolute atomic E-state index is 5.85. The van der Waals surface area contributed by atoms with Crippen LogP contribution < -0.4 is 0 Å². The number of rotatable bonds is 0. The first-order chi connectivity index (χ1) is 5.27. The molecule has 0 atom stereocenters. The second-order valence-electron chi connectivity index (χ2n) is 2.20. The molecule has 0 aliphatic heterocycles. The van der Waals surface area contributed by atoms with Gasteiger partial charge in [-0.05, 0) is 23.7 Å². The second-order valence-corrected chi connectivity index (χ2v) is 2.98. The minimum absolute atomic E-state index is 0.369. The van der Waals surface area contributed by atoms with Gasteiger partial charge in [0.25, 0.3) is 0 Å². The predicted octanol–water partition coefficient (Wildman–Crippen LogP) is 3.74. The molecule has 0 saturated carbocycles. The van der Waals surface area contributed by atoms with E-state index in [0.29, 0.717) is 10.2 Å². The smallest absolute Gasteiger partial charge is 0.194 e. The van der Waals surface area contributed by atoms with Crippen molar-refractivity contribution in [2.24, 2.45) is 0 Å². The van der Waals surface area contributed by atoms with E-state index in [2.05, 4.69) is 0 Å². The SMILES string of the molecule is Clc1cc2c(Cl)cccc2o1. The van der Waals surface area contributed by atoms with E-state index in [-0.39, 0.29) is 0 Å². The first kappa shape index (κ1) is 7.01. The number of hydrogen-bond donors (Lipinski definition) is 0. The lowest BCUT2D eigenvalue weighted by Crippen LogP contribution is -1.63. The standard InChI is InChI=1S/C8H4Cl2O/c9-6-2-1-3-7-5(6)4-8(10)11-7/h1-4H. The van der Waals surface area contributed by atoms with Crippen molar-refractivity contribution in [2.45, 2.75) is 0 Å². The molecule has 2 aromatic rings. The topological polar surface area (TPSA) is 13.1 Å². The third-order valence-corrected chi connectivity index (χ3v) is 1.99. The Kier molecular flexibility index (Phi) is 1.55. The third-order valence-electron chi connectivity index (χ3n) is 1.48. The molecule has 2 rings (SSSR count). The first-order valence-electron chi connectivity index (χ1n) is 3.11. The molecule has 1 aromatic heterocycles. The van der Waals surface area contributed by atoms with E-state index in [4.69, 9.17) is 27.6 Å². The van der Waals surface area contributed by atoms with E-state index in [1.807, 2.05) is 12.1 Å². The molecular weight excluding hydrogens is 183 g/mol. The summed E-state index contributed by atoms with van der Waals surface area (Å²) in [6.07, 6.45) is 0. The minimum Gasteiger partial charge on any atom is -0.445 e. The van der Waals surface area contributed by atoms with Gasteiger partial charge in [-0.15, -0.1) is 0 Å². The summed E-state index contributed by atoms with van der Waals surface area (Å²) in [5.74, 6) is 0. The van der Waals surface area contributed by atoms with E-state index in [0.717, 1.165) is 11.0 Å². The van der Waals surface area contributed by atoms with E-state index in [9.17, 15) is 0 Å². The average molecular weight is 187 g/mol. The van der Waals surface area contributed by atoms with Crippen molar-refractivity contribution in [1.29, 1.82) is 0 Å². The molecule has 0 aliphatic carbocycles. The summed E-state index contributed by atoms with van der Waals surface area (Å²) < 4.78 is 5.13. The molecule has 11 heavy (non-hydrogen) atoms. The van der Waals surface area contributed by atoms with Crippen LogP contribution in [0.25, 0.3) is 11.0 Å². The van der Waals surface area contributed by atoms with E-state index < -0.39 is 0 Å². The van der Waals surface area contributed by atoms with Crippen LogP contribution in [0.1, 0.15) is 0 Å². The zero-order valence-electron chi connectivity index (χ0n) is 5.47. The number of furan rings is 1. The molecule has 0 radical (unpaired) electrons. The highest BCUT2D eigenvalue weighted by atomic mass is 35.5. The van der Waals surface area contributed by atoms with Crippen molar-refractivity contribution in [3.05, 3.63) is 34.5 Å². The fraction of sp³-hybridized carbons (Fsp3) is 0. The fourth-order valence-corrected chi connectivity index (χ4v) is 1.41. The predicted molar refractivity (Wildman–Crippen MR) is 46.2 cm³/mol. The van der Waals surface area contributed by atoms with Gasteiger partial charge in [0.1, 0.15) is 5.58 Å². The Morgan fingerprint density at radius 1 is 1.18 bits per heavy atom. The van der Waals surface area contributed by atoms with Crippen molar-refractivity contribution in [3.8, 4) is 0 Å². The van der Waals surface area contributed by atoms with Crippen molar-refractivity contribution in [2.75, 3.05) is 0 Å². The minimum atomic E-state index is 0.369. The fourth-order valence-electron chi connectivity index (χ4n) is 0.994. The van der Waals surface area contributed by atoms with Gasteiger partial charge in [-0.1, -0.05) is 17.7 Å². The largest absolute Gasteiger partial charge is 0.445 e. The van der Waals surface area contributed by atoms with Crippen LogP contribution in [-0.4, -0.2) is 0 Å². The van der Waals surface area contributed by atoms with Gasteiger partial charge in [0.15, 0.2) is 5.22 Å². The van der Waals surface area contributed by atoms with Gasteiger partial charge in [-0.2, -0.15) is 0 Å². The maximum atomic E-state index is 5.85. The number of hydrogen-bond acceptors (Lipinski definition) is 1. The molecule has 1 heterocycles. The van der Waals surface area contributed by atoms with Gasteiger partial charge >= 0.3 is 0 Å². The average Bonchev–Trinajstić information content (AvgIpc) is 2.31. The molecule has 0 saturated heterocycles. The van der Waals surface area contributed by atoms with E-state index >= 15 is 0 Å². The molecule has 1 nitrogen and oxygen atoms in total. The van der Waals surface area contributed by atoms with E-state index in [1.165, 1.54) is 0 Å². The van der Waals surface area contributed by atoms with Crippen LogP contribution in [0.3, 0.4) is 0 Å². The summed E-state index contributed by atoms with van der Waals surface area (Å²) in [6, 6.07) is 7.16. The molecule has 0 fully saturated rings. The molecule has 0 N–H and O–H groups in total. The third kappa shape index (κ3) is 1.10. The number of fused-ring (bicyclic) bond motifs is 1. The van der Waals surface area contributed by atoms with Crippen LogP contribution in [0.15, 0.2) is 28.7 Å². The summed E-state index contributed by atoms with van der Waals surface area (Å²) >= 11 is 11.5. The maximum Gasteiger partial charge on any atom is 0.194 e. The molecule has 56 valence electrons. The Bertz CT molecular complexity index is 392. The number of halogens is 2. The molecule has 1 aromatic carbocycles. The van der Waals surface area contributed by atoms with Crippen molar-refractivity contribution in [1.82, 2.24) is 0 Å². The van der Waals surface area contributed by atoms with Crippen LogP contribution in [0.4, 0.5) is 0 Å². The molecule has 0 amide bonds. The molecular formula is C8H4Cl2O. The molecule has 0 aliphatic rings. The van der Waals surface area contributed by atoms with Crippen LogP contribution >= 0.6 is 23.2 Å². The highest BCUT2D eigenvalue weighted by molar-refractivity contribution is 6.36. The Morgan fingerprint density at radius 2 is 2.00 bits per heavy atom. The summed E-state index contributed by atoms with van der Waals surface area (Å²) in [6.45, 7) is 0. The molecule has 0 bridgehead atoms. The van der Waals surface area contributed by atoms with Gasteiger partial charge < -0.3 is 4.42 Å². The van der Waals surface area contributed by atoms with Crippen molar-refractivity contribution < 1.29 is 4.42 Å². The lowest BCUT2D eigenvalue weighted by molar-refractivity contribution is 0.618. The first-order valence-corrected chi connectivity index (χ1v) is 3.86. The summed E-state index contributed by atoms with van der Waals surface area (Å²) in [4.78, 5) is 0. The zero-order chi connectivity index (χ0) is 7.84. The van der Waals surface area contributed by atoms with Gasteiger partial charge in [-0.3, -0.25) is 0 Å². The lowest BCUT2D eigenvalue weighted by Gasteiger charge is -1.88. The second kappa shape index (κ2) is 2.43. The zero-order valence-corrected chi connectivity index (χ0v) is 6.99. The van der Waals surface area contributed by atoms with Gasteiger partial charge in [0, 0.05) is 11.5 Å². The van der Waals surface area contributed by atoms with Crippen LogP contribution in [0, 0.1) is 0 Å². The quantitative estimate of drug-likeness (QED) is 0.612. The monoisotopic (exact) mass is 186 g/mol. The van der Waals surface area contributed by atoms with Crippen LogP contribution in [0.2, 0.25) is 10.2 Å². The Morgan fingerprint density at radius 3 is 2.73 bits per heavy atom. The van der Waals surface area contributed by atoms with E-state index in [1.54, 1.807) is 12.1 Å². The van der Waals surface area contributed by atoms with Crippen molar-refractivity contribution in [3.63, 3.8) is 0 Å². The van der Waals surface area contributed by atoms with Crippen LogP contribution in [-0.2, 0) is 0 Å². The van der Waals surface area contributed by atoms with Crippen molar-refractivity contribution >= 4 is 34.2 Å². The summed E-state index contributed by atoms with van der Waals surface area (Å²) in [5, 5.41) is 1.89. The summed E-state index contributed by atoms with van der Waals surface area (Å²) in [5.41, 5.74) is 0.725. The van der Waals surface area contributed by atoms with Gasteiger partial charge in [0.2, 0.25) is 0 Å². The Labute approximate surface area is 73.5 Å². The normalized spacial score (nSPS) is 10.7. The number of benzene rings is 1. The molecule has 0 spiro atoms. The molecule has 3 heteroatoms. The Hall–Kier alpha value is -0.660. The highest BCUT2D eigenvalue weighted by Crippen LogP contribution is 2.28. The molecule has 0 unspecified atom stereocenters. The lowest BCUT2D eigenvalue weighted by atomic mass is 10.3. The van der Waals surface area contributed by atoms with Crippen LogP contribution in [0.5, 0.6) is 0 Å². The van der Waals surface area contributed by atoms with Gasteiger partial charge in [-0.25, -0.2) is 0 Å².